The average molecular weight is 501 g/mol. The summed E-state index contributed by atoms with van der Waals surface area (Å²) >= 11 is 0. The van der Waals surface area contributed by atoms with Crippen LogP contribution in [0.1, 0.15) is 0 Å². The van der Waals surface area contributed by atoms with Gasteiger partial charge < -0.3 is 9.47 Å². The molecule has 0 aliphatic carbocycles. The van der Waals surface area contributed by atoms with E-state index in [0.717, 1.165) is 17.7 Å². The van der Waals surface area contributed by atoms with E-state index in [9.17, 15) is 0 Å². The van der Waals surface area contributed by atoms with Gasteiger partial charge in [-0.15, -0.1) is 0 Å². The zero-order valence-electron chi connectivity index (χ0n) is 21.3. The van der Waals surface area contributed by atoms with E-state index in [-0.39, 0.29) is 6.10 Å². The maximum absolute atomic E-state index is 6.11. The maximum Gasteiger partial charge on any atom is 0.127 e. The molecule has 8 aromatic carbocycles. The summed E-state index contributed by atoms with van der Waals surface area (Å²) in [6, 6.07) is 42.7. The van der Waals surface area contributed by atoms with Gasteiger partial charge in [-0.1, -0.05) is 36.4 Å². The van der Waals surface area contributed by atoms with E-state index in [1.165, 1.54) is 70.0 Å². The highest BCUT2D eigenvalue weighted by Crippen LogP contribution is 2.36. The highest BCUT2D eigenvalue weighted by molar-refractivity contribution is 6.12. The van der Waals surface area contributed by atoms with Gasteiger partial charge in [0, 0.05) is 5.39 Å². The Morgan fingerprint density at radius 3 is 1.31 bits per heavy atom. The zero-order valence-corrected chi connectivity index (χ0v) is 21.3. The van der Waals surface area contributed by atoms with Gasteiger partial charge in [-0.25, -0.2) is 0 Å². The van der Waals surface area contributed by atoms with E-state index >= 15 is 0 Å². The average Bonchev–Trinajstić information content (AvgIpc) is 3.78. The Balaban J connectivity index is 1.22. The van der Waals surface area contributed by atoms with Crippen LogP contribution in [0.4, 0.5) is 0 Å². The van der Waals surface area contributed by atoms with Crippen molar-refractivity contribution in [3.63, 3.8) is 0 Å². The number of hydrogen-bond acceptors (Lipinski definition) is 2. The second-order valence-corrected chi connectivity index (χ2v) is 10.9. The third-order valence-electron chi connectivity index (χ3n) is 8.31. The van der Waals surface area contributed by atoms with Crippen LogP contribution in [0.15, 0.2) is 115 Å². The van der Waals surface area contributed by atoms with Crippen LogP contribution in [0.2, 0.25) is 0 Å². The molecule has 2 nitrogen and oxygen atoms in total. The first-order valence-corrected chi connectivity index (χ1v) is 13.6. The molecule has 1 heterocycles. The molecule has 1 fully saturated rings. The van der Waals surface area contributed by atoms with E-state index in [2.05, 4.69) is 115 Å². The van der Waals surface area contributed by atoms with Gasteiger partial charge in [0.25, 0.3) is 0 Å². The van der Waals surface area contributed by atoms with Crippen LogP contribution < -0.4 is 4.74 Å². The lowest BCUT2D eigenvalue weighted by Gasteiger charge is -2.11. The molecule has 1 atom stereocenters. The highest BCUT2D eigenvalue weighted by Gasteiger charge is 2.23. The van der Waals surface area contributed by atoms with E-state index < -0.39 is 0 Å². The van der Waals surface area contributed by atoms with Crippen LogP contribution in [-0.4, -0.2) is 19.3 Å². The Bertz CT molecular complexity index is 2290. The van der Waals surface area contributed by atoms with Gasteiger partial charge in [-0.05, 0) is 149 Å². The summed E-state index contributed by atoms with van der Waals surface area (Å²) in [5.41, 5.74) is 0. The summed E-state index contributed by atoms with van der Waals surface area (Å²) in [5.74, 6) is 0.926. The van der Waals surface area contributed by atoms with Crippen LogP contribution in [0, 0.1) is 0 Å². The second-order valence-electron chi connectivity index (χ2n) is 10.9. The molecule has 0 saturated carbocycles. The molecule has 1 aliphatic heterocycles. The van der Waals surface area contributed by atoms with Gasteiger partial charge in [-0.2, -0.15) is 0 Å². The molecule has 8 aromatic rings. The van der Waals surface area contributed by atoms with Gasteiger partial charge >= 0.3 is 0 Å². The maximum atomic E-state index is 6.11. The quantitative estimate of drug-likeness (QED) is 0.178. The largest absolute Gasteiger partial charge is 0.490 e. The predicted molar refractivity (Wildman–Crippen MR) is 164 cm³/mol. The lowest BCUT2D eigenvalue weighted by molar-refractivity contribution is 0.265. The van der Waals surface area contributed by atoms with Crippen LogP contribution >= 0.6 is 0 Å². The first kappa shape index (κ1) is 21.3. The van der Waals surface area contributed by atoms with Crippen molar-refractivity contribution in [2.75, 3.05) is 13.2 Å². The highest BCUT2D eigenvalue weighted by atomic mass is 16.6. The van der Waals surface area contributed by atoms with E-state index in [4.69, 9.17) is 9.47 Å². The number of benzene rings is 8. The van der Waals surface area contributed by atoms with E-state index in [0.29, 0.717) is 6.61 Å². The van der Waals surface area contributed by atoms with Crippen LogP contribution in [0.5, 0.6) is 5.75 Å². The fourth-order valence-electron chi connectivity index (χ4n) is 6.17. The molecule has 1 saturated heterocycles. The summed E-state index contributed by atoms with van der Waals surface area (Å²) in [5, 5.41) is 17.6. The Morgan fingerprint density at radius 2 is 0.846 bits per heavy atom. The SMILES string of the molecule is c1ccc2cc3cc4cc5cc6cc7cc8c(OCC9CO9)cccc8cc7cc6cc5cc4cc3cc2c1. The third kappa shape index (κ3) is 3.53. The minimum Gasteiger partial charge on any atom is -0.490 e. The topological polar surface area (TPSA) is 21.8 Å². The third-order valence-corrected chi connectivity index (χ3v) is 8.31. The van der Waals surface area contributed by atoms with Crippen molar-refractivity contribution in [1.29, 1.82) is 0 Å². The molecule has 0 bridgehead atoms. The van der Waals surface area contributed by atoms with E-state index in [1.807, 2.05) is 0 Å². The van der Waals surface area contributed by atoms with Crippen molar-refractivity contribution in [3.8, 4) is 5.75 Å². The van der Waals surface area contributed by atoms with Gasteiger partial charge in [0.15, 0.2) is 0 Å². The molecule has 0 spiro atoms. The molecule has 0 N–H and O–H groups in total. The summed E-state index contributed by atoms with van der Waals surface area (Å²) in [6.45, 7) is 1.41. The first-order valence-electron chi connectivity index (χ1n) is 13.6. The summed E-state index contributed by atoms with van der Waals surface area (Å²) in [7, 11) is 0. The first-order chi connectivity index (χ1) is 19.2. The smallest absolute Gasteiger partial charge is 0.127 e. The standard InChI is InChI=1S/C37H24O2/c1-2-5-23-9-26-12-29-15-32-17-33-18-34-19-36-24(6-3-7-37(36)39-21-35-20-38-35)10-27(34)13-30(33)16-31(32)14-28(29)11-25(26)8-22(23)4-1/h1-19,35H,20-21H2. The van der Waals surface area contributed by atoms with Crippen molar-refractivity contribution >= 4 is 75.4 Å². The molecule has 0 radical (unpaired) electrons. The number of ether oxygens (including phenoxy) is 2. The Labute approximate surface area is 225 Å². The summed E-state index contributed by atoms with van der Waals surface area (Å²) < 4.78 is 11.4. The molecule has 184 valence electrons. The molecular formula is C37H24O2. The molecular weight excluding hydrogens is 476 g/mol. The summed E-state index contributed by atoms with van der Waals surface area (Å²) in [4.78, 5) is 0. The van der Waals surface area contributed by atoms with Gasteiger partial charge in [-0.3, -0.25) is 0 Å². The number of fused-ring (bicyclic) bond motifs is 7. The molecule has 1 aliphatic rings. The molecule has 39 heavy (non-hydrogen) atoms. The molecule has 0 aromatic heterocycles. The normalized spacial score (nSPS) is 15.3. The Morgan fingerprint density at radius 1 is 0.462 bits per heavy atom. The van der Waals surface area contributed by atoms with Gasteiger partial charge in [0.1, 0.15) is 18.5 Å². The molecule has 0 amide bonds. The van der Waals surface area contributed by atoms with Crippen molar-refractivity contribution < 1.29 is 9.47 Å². The van der Waals surface area contributed by atoms with Crippen molar-refractivity contribution in [1.82, 2.24) is 0 Å². The predicted octanol–water partition coefficient (Wildman–Crippen LogP) is 9.54. The molecule has 1 unspecified atom stereocenters. The fourth-order valence-corrected chi connectivity index (χ4v) is 6.17. The van der Waals surface area contributed by atoms with Crippen molar-refractivity contribution in [3.05, 3.63) is 115 Å². The van der Waals surface area contributed by atoms with Gasteiger partial charge in [0.2, 0.25) is 0 Å². The van der Waals surface area contributed by atoms with Crippen molar-refractivity contribution in [2.24, 2.45) is 0 Å². The summed E-state index contributed by atoms with van der Waals surface area (Å²) in [6.07, 6.45) is 0.242. The zero-order chi connectivity index (χ0) is 25.5. The molecule has 2 heteroatoms. The van der Waals surface area contributed by atoms with Crippen LogP contribution in [-0.2, 0) is 4.74 Å². The monoisotopic (exact) mass is 500 g/mol. The lowest BCUT2D eigenvalue weighted by atomic mass is 9.94. The number of hydrogen-bond donors (Lipinski definition) is 0. The second kappa shape index (κ2) is 7.92. The van der Waals surface area contributed by atoms with Crippen LogP contribution in [0.3, 0.4) is 0 Å². The minimum absolute atomic E-state index is 0.242. The number of epoxide rings is 1. The number of rotatable bonds is 3. The van der Waals surface area contributed by atoms with Crippen LogP contribution in [0.25, 0.3) is 75.4 Å². The van der Waals surface area contributed by atoms with E-state index in [1.54, 1.807) is 0 Å². The molecule has 9 rings (SSSR count). The van der Waals surface area contributed by atoms with Gasteiger partial charge in [0.05, 0.1) is 6.61 Å². The fraction of sp³-hybridized carbons (Fsp3) is 0.0811. The Kier molecular flexibility index (Phi) is 4.33. The minimum atomic E-state index is 0.242. The van der Waals surface area contributed by atoms with Crippen molar-refractivity contribution in [2.45, 2.75) is 6.10 Å². The Hall–Kier alpha value is -4.66. The lowest BCUT2D eigenvalue weighted by Crippen LogP contribution is -2.04.